The Balaban J connectivity index is 2.15. The monoisotopic (exact) mass is 264 g/mol. The lowest BCUT2D eigenvalue weighted by molar-refractivity contribution is -0.150. The van der Waals surface area contributed by atoms with Gasteiger partial charge in [0.1, 0.15) is 12.1 Å². The van der Waals surface area contributed by atoms with E-state index in [1.165, 1.54) is 0 Å². The molecule has 1 aliphatic heterocycles. The van der Waals surface area contributed by atoms with Crippen molar-refractivity contribution in [3.8, 4) is 0 Å². The van der Waals surface area contributed by atoms with Crippen LogP contribution < -0.4 is 5.32 Å². The molecule has 0 aromatic carbocycles. The molecule has 1 N–H and O–H groups in total. The average molecular weight is 264 g/mol. The molecule has 2 rings (SSSR count). The Morgan fingerprint density at radius 1 is 1.37 bits per heavy atom. The van der Waals surface area contributed by atoms with E-state index in [0.717, 1.165) is 12.8 Å². The lowest BCUT2D eigenvalue weighted by atomic mass is 9.97. The van der Waals surface area contributed by atoms with Crippen molar-refractivity contribution in [2.24, 2.45) is 11.8 Å². The van der Waals surface area contributed by atoms with Crippen LogP contribution in [0.1, 0.15) is 40.0 Å². The Bertz CT molecular complexity index is 386. The normalized spacial score (nSPS) is 28.3. The molecular formula is C15H24N2O2. The molecule has 0 aromatic rings. The maximum atomic E-state index is 12.5. The van der Waals surface area contributed by atoms with Gasteiger partial charge in [0.05, 0.1) is 0 Å². The van der Waals surface area contributed by atoms with Gasteiger partial charge in [-0.05, 0) is 38.0 Å². The quantitative estimate of drug-likeness (QED) is 0.769. The van der Waals surface area contributed by atoms with Crippen LogP contribution in [0, 0.1) is 11.8 Å². The largest absolute Gasteiger partial charge is 0.342 e. The summed E-state index contributed by atoms with van der Waals surface area (Å²) in [7, 11) is 0. The minimum absolute atomic E-state index is 0.0391. The highest BCUT2D eigenvalue weighted by atomic mass is 16.2. The number of piperazine rings is 1. The maximum absolute atomic E-state index is 12.5. The first-order valence-corrected chi connectivity index (χ1v) is 7.26. The average Bonchev–Trinajstić information content (AvgIpc) is 3.14. The van der Waals surface area contributed by atoms with Crippen molar-refractivity contribution in [1.29, 1.82) is 0 Å². The first-order chi connectivity index (χ1) is 9.04. The van der Waals surface area contributed by atoms with E-state index in [-0.39, 0.29) is 23.9 Å². The molecule has 19 heavy (non-hydrogen) atoms. The summed E-state index contributed by atoms with van der Waals surface area (Å²) in [6, 6.07) is -0.583. The molecular weight excluding hydrogens is 240 g/mol. The lowest BCUT2D eigenvalue weighted by Crippen LogP contribution is -2.64. The van der Waals surface area contributed by atoms with Gasteiger partial charge in [0.2, 0.25) is 11.8 Å². The van der Waals surface area contributed by atoms with Crippen LogP contribution in [0.25, 0.3) is 0 Å². The first-order valence-electron chi connectivity index (χ1n) is 7.26. The van der Waals surface area contributed by atoms with E-state index in [2.05, 4.69) is 19.2 Å². The second-order valence-corrected chi connectivity index (χ2v) is 6.03. The summed E-state index contributed by atoms with van der Waals surface area (Å²) in [5, 5.41) is 2.92. The number of carbonyl (C=O) groups is 2. The highest BCUT2D eigenvalue weighted by Gasteiger charge is 2.47. The van der Waals surface area contributed by atoms with Crippen LogP contribution in [-0.4, -0.2) is 35.3 Å². The van der Waals surface area contributed by atoms with Gasteiger partial charge in [0.15, 0.2) is 0 Å². The fraction of sp³-hybridized carbons (Fsp3) is 0.733. The van der Waals surface area contributed by atoms with Crippen LogP contribution in [-0.2, 0) is 9.59 Å². The smallest absolute Gasteiger partial charge is 0.246 e. The van der Waals surface area contributed by atoms with Crippen molar-refractivity contribution in [3.05, 3.63) is 12.2 Å². The fourth-order valence-corrected chi connectivity index (χ4v) is 2.73. The summed E-state index contributed by atoms with van der Waals surface area (Å²) in [6.45, 7) is 6.64. The minimum Gasteiger partial charge on any atom is -0.342 e. The van der Waals surface area contributed by atoms with Gasteiger partial charge in [-0.25, -0.2) is 0 Å². The van der Waals surface area contributed by atoms with Crippen LogP contribution in [0.5, 0.6) is 0 Å². The van der Waals surface area contributed by atoms with E-state index < -0.39 is 0 Å². The van der Waals surface area contributed by atoms with Gasteiger partial charge >= 0.3 is 0 Å². The molecule has 1 heterocycles. The van der Waals surface area contributed by atoms with Crippen molar-refractivity contribution in [2.75, 3.05) is 6.54 Å². The van der Waals surface area contributed by atoms with Crippen molar-refractivity contribution < 1.29 is 9.59 Å². The number of nitrogens with zero attached hydrogens (tertiary/aromatic N) is 1. The molecule has 0 bridgehead atoms. The van der Waals surface area contributed by atoms with Gasteiger partial charge in [-0.15, -0.1) is 0 Å². The van der Waals surface area contributed by atoms with Crippen molar-refractivity contribution >= 4 is 11.8 Å². The summed E-state index contributed by atoms with van der Waals surface area (Å²) >= 11 is 0. The Morgan fingerprint density at radius 2 is 2.05 bits per heavy atom. The minimum atomic E-state index is -0.340. The third-order valence-electron chi connectivity index (χ3n) is 3.82. The number of hydrogen-bond acceptors (Lipinski definition) is 2. The SMILES string of the molecule is C/C=C/CN1C(=O)C(CC(C)C)NC(=O)C1C1CC1. The first kappa shape index (κ1) is 14.1. The van der Waals surface area contributed by atoms with E-state index in [1.54, 1.807) is 4.90 Å². The Hall–Kier alpha value is -1.32. The van der Waals surface area contributed by atoms with Gasteiger partial charge in [-0.3, -0.25) is 9.59 Å². The number of carbonyl (C=O) groups excluding carboxylic acids is 2. The van der Waals surface area contributed by atoms with E-state index in [4.69, 9.17) is 0 Å². The molecule has 2 aliphatic rings. The molecule has 1 saturated heterocycles. The molecule has 2 atom stereocenters. The van der Waals surface area contributed by atoms with Gasteiger partial charge in [0, 0.05) is 6.54 Å². The number of hydrogen-bond donors (Lipinski definition) is 1. The number of allylic oxidation sites excluding steroid dienone is 1. The molecule has 0 radical (unpaired) electrons. The summed E-state index contributed by atoms with van der Waals surface area (Å²) in [6.07, 6.45) is 6.73. The number of nitrogens with one attached hydrogen (secondary N) is 1. The molecule has 2 unspecified atom stereocenters. The standard InChI is InChI=1S/C15H24N2O2/c1-4-5-8-17-13(11-6-7-11)14(18)16-12(15(17)19)9-10(2)3/h4-5,10-13H,6-9H2,1-3H3,(H,16,18)/b5-4+. The third-order valence-corrected chi connectivity index (χ3v) is 3.82. The van der Waals surface area contributed by atoms with Crippen LogP contribution in [0.4, 0.5) is 0 Å². The predicted octanol–water partition coefficient (Wildman–Crippen LogP) is 1.71. The van der Waals surface area contributed by atoms with Crippen LogP contribution >= 0.6 is 0 Å². The maximum Gasteiger partial charge on any atom is 0.246 e. The summed E-state index contributed by atoms with van der Waals surface area (Å²) in [5.41, 5.74) is 0. The second kappa shape index (κ2) is 5.76. The zero-order chi connectivity index (χ0) is 14.0. The van der Waals surface area contributed by atoms with E-state index >= 15 is 0 Å². The second-order valence-electron chi connectivity index (χ2n) is 6.03. The number of amides is 2. The van der Waals surface area contributed by atoms with Crippen molar-refractivity contribution in [2.45, 2.75) is 52.1 Å². The fourth-order valence-electron chi connectivity index (χ4n) is 2.73. The van der Waals surface area contributed by atoms with Crippen molar-refractivity contribution in [3.63, 3.8) is 0 Å². The van der Waals surface area contributed by atoms with Crippen LogP contribution in [0.3, 0.4) is 0 Å². The van der Waals surface area contributed by atoms with E-state index in [0.29, 0.717) is 24.8 Å². The topological polar surface area (TPSA) is 49.4 Å². The molecule has 1 saturated carbocycles. The number of rotatable bonds is 5. The lowest BCUT2D eigenvalue weighted by Gasteiger charge is -2.39. The highest BCUT2D eigenvalue weighted by molar-refractivity contribution is 5.97. The summed E-state index contributed by atoms with van der Waals surface area (Å²) < 4.78 is 0. The molecule has 4 nitrogen and oxygen atoms in total. The van der Waals surface area contributed by atoms with Crippen LogP contribution in [0.15, 0.2) is 12.2 Å². The van der Waals surface area contributed by atoms with Gasteiger partial charge in [0.25, 0.3) is 0 Å². The molecule has 2 fully saturated rings. The zero-order valence-electron chi connectivity index (χ0n) is 12.1. The van der Waals surface area contributed by atoms with Gasteiger partial charge < -0.3 is 10.2 Å². The molecule has 2 amide bonds. The zero-order valence-corrected chi connectivity index (χ0v) is 12.1. The van der Waals surface area contributed by atoms with Gasteiger partial charge in [-0.2, -0.15) is 0 Å². The van der Waals surface area contributed by atoms with E-state index in [1.807, 2.05) is 19.1 Å². The molecule has 106 valence electrons. The Labute approximate surface area is 115 Å². The van der Waals surface area contributed by atoms with E-state index in [9.17, 15) is 9.59 Å². The van der Waals surface area contributed by atoms with Crippen molar-refractivity contribution in [1.82, 2.24) is 10.2 Å². The van der Waals surface area contributed by atoms with Gasteiger partial charge in [-0.1, -0.05) is 26.0 Å². The summed E-state index contributed by atoms with van der Waals surface area (Å²) in [4.78, 5) is 26.6. The van der Waals surface area contributed by atoms with Crippen LogP contribution in [0.2, 0.25) is 0 Å². The molecule has 1 aliphatic carbocycles. The molecule has 0 aromatic heterocycles. The summed E-state index contributed by atoms with van der Waals surface area (Å²) in [5.74, 6) is 0.894. The predicted molar refractivity (Wildman–Crippen MR) is 74.4 cm³/mol. The third kappa shape index (κ3) is 3.17. The molecule has 0 spiro atoms. The Kier molecular flexibility index (Phi) is 4.27. The molecule has 4 heteroatoms. The Morgan fingerprint density at radius 3 is 2.58 bits per heavy atom. The highest BCUT2D eigenvalue weighted by Crippen LogP contribution is 2.37.